The van der Waals surface area contributed by atoms with Crippen molar-refractivity contribution in [3.8, 4) is 0 Å². The minimum absolute atomic E-state index is 0.350. The monoisotopic (exact) mass is 282 g/mol. The lowest BCUT2D eigenvalue weighted by Gasteiger charge is -2.37. The van der Waals surface area contributed by atoms with E-state index in [4.69, 9.17) is 14.2 Å². The van der Waals surface area contributed by atoms with E-state index in [0.29, 0.717) is 25.6 Å². The Kier molecular flexibility index (Phi) is 5.36. The Labute approximate surface area is 123 Å². The smallest absolute Gasteiger partial charge is 0.147 e. The molecule has 0 bridgehead atoms. The van der Waals surface area contributed by atoms with Crippen LogP contribution in [0.5, 0.6) is 0 Å². The van der Waals surface area contributed by atoms with Gasteiger partial charge in [-0.25, -0.2) is 0 Å². The number of hydrogen-bond donors (Lipinski definition) is 0. The lowest BCUT2D eigenvalue weighted by atomic mass is 9.71. The van der Waals surface area contributed by atoms with Crippen LogP contribution in [0.4, 0.5) is 0 Å². The molecule has 0 N–H and O–H groups in total. The van der Waals surface area contributed by atoms with Gasteiger partial charge < -0.3 is 14.2 Å². The maximum Gasteiger partial charge on any atom is 0.147 e. The molecule has 1 unspecified atom stereocenters. The van der Waals surface area contributed by atoms with Crippen LogP contribution in [0.3, 0.4) is 0 Å². The van der Waals surface area contributed by atoms with Crippen LogP contribution >= 0.6 is 0 Å². The fraction of sp³-hybridized carbons (Fsp3) is 1.00. The molecule has 3 rings (SSSR count). The zero-order valence-corrected chi connectivity index (χ0v) is 12.9. The quantitative estimate of drug-likeness (QED) is 0.422. The molecule has 0 aromatic heterocycles. The number of hydrogen-bond acceptors (Lipinski definition) is 3. The fourth-order valence-electron chi connectivity index (χ4n) is 3.97. The van der Waals surface area contributed by atoms with Crippen molar-refractivity contribution < 1.29 is 14.2 Å². The molecule has 2 saturated carbocycles. The van der Waals surface area contributed by atoms with Gasteiger partial charge in [-0.2, -0.15) is 0 Å². The van der Waals surface area contributed by atoms with Gasteiger partial charge in [0.25, 0.3) is 0 Å². The van der Waals surface area contributed by atoms with E-state index in [1.54, 1.807) is 0 Å². The highest BCUT2D eigenvalue weighted by Crippen LogP contribution is 2.40. The van der Waals surface area contributed by atoms with Crippen LogP contribution < -0.4 is 0 Å². The second-order valence-corrected chi connectivity index (χ2v) is 7.17. The van der Waals surface area contributed by atoms with E-state index in [9.17, 15) is 0 Å². The highest BCUT2D eigenvalue weighted by Gasteiger charge is 2.30. The Bertz CT molecular complexity index is 274. The Hall–Kier alpha value is -0.120. The minimum Gasteiger partial charge on any atom is -0.371 e. The van der Waals surface area contributed by atoms with Crippen LogP contribution in [0, 0.1) is 17.8 Å². The molecule has 0 aromatic carbocycles. The van der Waals surface area contributed by atoms with Crippen molar-refractivity contribution in [3.63, 3.8) is 0 Å². The topological polar surface area (TPSA) is 31.0 Å². The minimum atomic E-state index is 0.350. The van der Waals surface area contributed by atoms with Gasteiger partial charge in [-0.05, 0) is 56.3 Å². The van der Waals surface area contributed by atoms with Gasteiger partial charge in [-0.1, -0.05) is 19.8 Å². The summed E-state index contributed by atoms with van der Waals surface area (Å²) >= 11 is 0. The van der Waals surface area contributed by atoms with Gasteiger partial charge in [0.15, 0.2) is 0 Å². The van der Waals surface area contributed by atoms with Gasteiger partial charge in [0.1, 0.15) is 12.9 Å². The molecule has 1 heterocycles. The molecule has 116 valence electrons. The number of epoxide rings is 1. The third-order valence-corrected chi connectivity index (χ3v) is 5.54. The summed E-state index contributed by atoms with van der Waals surface area (Å²) in [5, 5.41) is 0. The lowest BCUT2D eigenvalue weighted by molar-refractivity contribution is -0.106. The molecule has 20 heavy (non-hydrogen) atoms. The van der Waals surface area contributed by atoms with E-state index in [-0.39, 0.29) is 0 Å². The molecular formula is C17H30O3. The summed E-state index contributed by atoms with van der Waals surface area (Å²) in [5.41, 5.74) is 0. The van der Waals surface area contributed by atoms with Crippen LogP contribution in [-0.4, -0.2) is 32.2 Å². The second-order valence-electron chi connectivity index (χ2n) is 7.17. The van der Waals surface area contributed by atoms with E-state index >= 15 is 0 Å². The molecule has 1 aliphatic heterocycles. The molecule has 3 fully saturated rings. The first kappa shape index (κ1) is 14.8. The fourth-order valence-corrected chi connectivity index (χ4v) is 3.97. The van der Waals surface area contributed by atoms with Gasteiger partial charge in [-0.3, -0.25) is 0 Å². The van der Waals surface area contributed by atoms with E-state index in [1.165, 1.54) is 51.4 Å². The summed E-state index contributed by atoms with van der Waals surface area (Å²) in [4.78, 5) is 0. The van der Waals surface area contributed by atoms with E-state index in [1.807, 2.05) is 0 Å². The Morgan fingerprint density at radius 2 is 1.50 bits per heavy atom. The molecule has 0 spiro atoms. The molecule has 0 radical (unpaired) electrons. The summed E-state index contributed by atoms with van der Waals surface area (Å²) in [7, 11) is 0. The van der Waals surface area contributed by atoms with Crippen molar-refractivity contribution in [1.82, 2.24) is 0 Å². The highest BCUT2D eigenvalue weighted by molar-refractivity contribution is 4.81. The van der Waals surface area contributed by atoms with E-state index < -0.39 is 0 Å². The molecule has 3 aliphatic rings. The Balaban J connectivity index is 1.28. The van der Waals surface area contributed by atoms with Crippen molar-refractivity contribution >= 4 is 0 Å². The van der Waals surface area contributed by atoms with Crippen LogP contribution in [0.25, 0.3) is 0 Å². The van der Waals surface area contributed by atoms with Crippen LogP contribution in [0.15, 0.2) is 0 Å². The molecule has 0 amide bonds. The maximum absolute atomic E-state index is 5.84. The molecular weight excluding hydrogens is 252 g/mol. The lowest BCUT2D eigenvalue weighted by Crippen LogP contribution is -2.28. The van der Waals surface area contributed by atoms with Crippen molar-refractivity contribution in [2.75, 3.05) is 20.0 Å². The number of rotatable bonds is 6. The van der Waals surface area contributed by atoms with Crippen LogP contribution in [0.1, 0.15) is 58.3 Å². The standard InChI is InChI=1S/C17H30O3/c1-13-2-4-14(5-3-13)15-6-8-16(9-7-15)20-12-18-10-17-11-19-17/h13-17H,2-12H2,1H3. The summed E-state index contributed by atoms with van der Waals surface area (Å²) < 4.78 is 16.4. The van der Waals surface area contributed by atoms with E-state index in [2.05, 4.69) is 6.92 Å². The van der Waals surface area contributed by atoms with Crippen molar-refractivity contribution in [2.24, 2.45) is 17.8 Å². The second kappa shape index (κ2) is 7.24. The first-order valence-corrected chi connectivity index (χ1v) is 8.62. The average Bonchev–Trinajstić information content (AvgIpc) is 3.29. The SMILES string of the molecule is CC1CCC(C2CCC(OCOCC3CO3)CC2)CC1. The summed E-state index contributed by atoms with van der Waals surface area (Å²) in [6, 6.07) is 0. The Morgan fingerprint density at radius 1 is 0.900 bits per heavy atom. The van der Waals surface area contributed by atoms with Crippen molar-refractivity contribution in [1.29, 1.82) is 0 Å². The third kappa shape index (κ3) is 4.44. The van der Waals surface area contributed by atoms with Crippen LogP contribution in [0.2, 0.25) is 0 Å². The zero-order valence-electron chi connectivity index (χ0n) is 12.9. The van der Waals surface area contributed by atoms with Gasteiger partial charge in [-0.15, -0.1) is 0 Å². The molecule has 0 aromatic rings. The summed E-state index contributed by atoms with van der Waals surface area (Å²) in [6.07, 6.45) is 11.9. The molecule has 2 aliphatic carbocycles. The first-order chi connectivity index (χ1) is 9.81. The highest BCUT2D eigenvalue weighted by atomic mass is 16.7. The van der Waals surface area contributed by atoms with Crippen LogP contribution in [-0.2, 0) is 14.2 Å². The third-order valence-electron chi connectivity index (χ3n) is 5.54. The zero-order chi connectivity index (χ0) is 13.8. The molecule has 3 heteroatoms. The molecule has 3 nitrogen and oxygen atoms in total. The normalized spacial score (nSPS) is 41.5. The van der Waals surface area contributed by atoms with E-state index in [0.717, 1.165) is 24.4 Å². The largest absolute Gasteiger partial charge is 0.371 e. The van der Waals surface area contributed by atoms with Crippen molar-refractivity contribution in [3.05, 3.63) is 0 Å². The first-order valence-electron chi connectivity index (χ1n) is 8.62. The van der Waals surface area contributed by atoms with Crippen molar-refractivity contribution in [2.45, 2.75) is 70.5 Å². The summed E-state index contributed by atoms with van der Waals surface area (Å²) in [5.74, 6) is 2.96. The summed E-state index contributed by atoms with van der Waals surface area (Å²) in [6.45, 7) is 4.44. The van der Waals surface area contributed by atoms with Gasteiger partial charge >= 0.3 is 0 Å². The predicted molar refractivity (Wildman–Crippen MR) is 78.5 cm³/mol. The predicted octanol–water partition coefficient (Wildman–Crippen LogP) is 3.76. The molecule has 1 atom stereocenters. The maximum atomic E-state index is 5.84. The van der Waals surface area contributed by atoms with Gasteiger partial charge in [0, 0.05) is 0 Å². The number of ether oxygens (including phenoxy) is 3. The molecule has 1 saturated heterocycles. The van der Waals surface area contributed by atoms with Gasteiger partial charge in [0.2, 0.25) is 0 Å². The average molecular weight is 282 g/mol. The Morgan fingerprint density at radius 3 is 2.10 bits per heavy atom. The van der Waals surface area contributed by atoms with Gasteiger partial charge in [0.05, 0.1) is 19.3 Å².